The van der Waals surface area contributed by atoms with E-state index in [1.54, 1.807) is 25.3 Å². The molecule has 1 aromatic carbocycles. The molecule has 88 valence electrons. The molecule has 0 radical (unpaired) electrons. The van der Waals surface area contributed by atoms with E-state index < -0.39 is 0 Å². The van der Waals surface area contributed by atoms with Crippen molar-refractivity contribution in [2.45, 2.75) is 6.92 Å². The molecule has 0 unspecified atom stereocenters. The average Bonchev–Trinajstić information content (AvgIpc) is 2.24. The molecule has 0 fully saturated rings. The minimum atomic E-state index is -0.330. The van der Waals surface area contributed by atoms with Crippen LogP contribution in [0, 0.1) is 0 Å². The van der Waals surface area contributed by atoms with Gasteiger partial charge >= 0.3 is 5.97 Å². The first-order valence-corrected chi connectivity index (χ1v) is 4.83. The van der Waals surface area contributed by atoms with Crippen LogP contribution in [-0.4, -0.2) is 26.3 Å². The number of esters is 1. The van der Waals surface area contributed by atoms with Gasteiger partial charge in [-0.2, -0.15) is 0 Å². The summed E-state index contributed by atoms with van der Waals surface area (Å²) >= 11 is 0. The number of carbonyl (C=O) groups is 1. The minimum Gasteiger partial charge on any atom is -0.493 e. The number of hydrogen-bond donors (Lipinski definition) is 1. The van der Waals surface area contributed by atoms with Crippen LogP contribution in [-0.2, 0) is 9.53 Å². The second-order valence-electron chi connectivity index (χ2n) is 3.10. The molecule has 0 spiro atoms. The fourth-order valence-electron chi connectivity index (χ4n) is 1.14. The lowest BCUT2D eigenvalue weighted by molar-refractivity contribution is -0.141. The van der Waals surface area contributed by atoms with Crippen LogP contribution < -0.4 is 15.2 Å². The number of rotatable bonds is 5. The lowest BCUT2D eigenvalue weighted by atomic mass is 10.3. The second-order valence-corrected chi connectivity index (χ2v) is 3.10. The van der Waals surface area contributed by atoms with E-state index in [2.05, 4.69) is 0 Å². The van der Waals surface area contributed by atoms with Crippen LogP contribution in [0.2, 0.25) is 0 Å². The van der Waals surface area contributed by atoms with E-state index in [-0.39, 0.29) is 19.2 Å². The van der Waals surface area contributed by atoms with E-state index in [9.17, 15) is 4.79 Å². The summed E-state index contributed by atoms with van der Waals surface area (Å²) in [4.78, 5) is 10.5. The Morgan fingerprint density at radius 3 is 2.69 bits per heavy atom. The predicted molar refractivity (Wildman–Crippen MR) is 59.5 cm³/mol. The lowest BCUT2D eigenvalue weighted by Gasteiger charge is -2.10. The van der Waals surface area contributed by atoms with Gasteiger partial charge in [-0.05, 0) is 12.1 Å². The normalized spacial score (nSPS) is 9.62. The quantitative estimate of drug-likeness (QED) is 0.463. The molecule has 0 aliphatic rings. The molecule has 5 nitrogen and oxygen atoms in total. The number of methoxy groups -OCH3 is 1. The molecule has 0 heterocycles. The third kappa shape index (κ3) is 3.68. The molecule has 1 rings (SSSR count). The minimum absolute atomic E-state index is 0.202. The Labute approximate surface area is 94.1 Å². The third-order valence-electron chi connectivity index (χ3n) is 1.83. The Hall–Kier alpha value is -1.91. The number of benzene rings is 1. The fourth-order valence-corrected chi connectivity index (χ4v) is 1.14. The van der Waals surface area contributed by atoms with Crippen molar-refractivity contribution in [3.05, 3.63) is 18.2 Å². The van der Waals surface area contributed by atoms with E-state index in [4.69, 9.17) is 19.9 Å². The molecule has 0 saturated heterocycles. The number of hydrogen-bond acceptors (Lipinski definition) is 5. The van der Waals surface area contributed by atoms with Crippen LogP contribution in [0.5, 0.6) is 11.5 Å². The zero-order valence-electron chi connectivity index (χ0n) is 9.36. The van der Waals surface area contributed by atoms with Crippen molar-refractivity contribution in [1.82, 2.24) is 0 Å². The standard InChI is InChI=1S/C11H15NO4/c1-8(13)15-5-6-16-11-7-9(12)3-4-10(11)14-2/h3-4,7H,5-6,12H2,1-2H3. The summed E-state index contributed by atoms with van der Waals surface area (Å²) in [7, 11) is 1.55. The Morgan fingerprint density at radius 1 is 1.31 bits per heavy atom. The average molecular weight is 225 g/mol. The van der Waals surface area contributed by atoms with Gasteiger partial charge < -0.3 is 19.9 Å². The number of carbonyl (C=O) groups excluding carboxylic acids is 1. The monoisotopic (exact) mass is 225 g/mol. The summed E-state index contributed by atoms with van der Waals surface area (Å²) in [6.45, 7) is 1.81. The zero-order valence-corrected chi connectivity index (χ0v) is 9.36. The van der Waals surface area contributed by atoms with Crippen molar-refractivity contribution in [3.63, 3.8) is 0 Å². The van der Waals surface area contributed by atoms with Gasteiger partial charge in [-0.3, -0.25) is 4.79 Å². The highest BCUT2D eigenvalue weighted by Gasteiger charge is 2.04. The first-order chi connectivity index (χ1) is 7.63. The topological polar surface area (TPSA) is 70.8 Å². The molecule has 0 saturated carbocycles. The van der Waals surface area contributed by atoms with Crippen LogP contribution in [0.15, 0.2) is 18.2 Å². The molecular weight excluding hydrogens is 210 g/mol. The third-order valence-corrected chi connectivity index (χ3v) is 1.83. The Morgan fingerprint density at radius 2 is 2.06 bits per heavy atom. The lowest BCUT2D eigenvalue weighted by Crippen LogP contribution is -2.10. The van der Waals surface area contributed by atoms with E-state index in [0.29, 0.717) is 17.2 Å². The molecule has 0 aliphatic carbocycles. The Kier molecular flexibility index (Phi) is 4.44. The van der Waals surface area contributed by atoms with E-state index >= 15 is 0 Å². The van der Waals surface area contributed by atoms with Gasteiger partial charge in [0.1, 0.15) is 13.2 Å². The van der Waals surface area contributed by atoms with Crippen molar-refractivity contribution in [2.24, 2.45) is 0 Å². The van der Waals surface area contributed by atoms with Gasteiger partial charge in [0, 0.05) is 18.7 Å². The van der Waals surface area contributed by atoms with Gasteiger partial charge in [0.2, 0.25) is 0 Å². The summed E-state index contributed by atoms with van der Waals surface area (Å²) in [6.07, 6.45) is 0. The van der Waals surface area contributed by atoms with Crippen molar-refractivity contribution in [1.29, 1.82) is 0 Å². The van der Waals surface area contributed by atoms with Crippen LogP contribution >= 0.6 is 0 Å². The van der Waals surface area contributed by atoms with Crippen LogP contribution in [0.3, 0.4) is 0 Å². The summed E-state index contributed by atoms with van der Waals surface area (Å²) in [6, 6.07) is 5.10. The zero-order chi connectivity index (χ0) is 12.0. The van der Waals surface area contributed by atoms with Crippen LogP contribution in [0.4, 0.5) is 5.69 Å². The highest BCUT2D eigenvalue weighted by Crippen LogP contribution is 2.28. The Bertz CT molecular complexity index is 365. The van der Waals surface area contributed by atoms with Crippen molar-refractivity contribution >= 4 is 11.7 Å². The Balaban J connectivity index is 2.51. The maximum atomic E-state index is 10.5. The van der Waals surface area contributed by atoms with Gasteiger partial charge in [-0.15, -0.1) is 0 Å². The number of anilines is 1. The number of nitrogen functional groups attached to an aromatic ring is 1. The van der Waals surface area contributed by atoms with Crippen molar-refractivity contribution in [2.75, 3.05) is 26.1 Å². The van der Waals surface area contributed by atoms with E-state index in [0.717, 1.165) is 0 Å². The van der Waals surface area contributed by atoms with Crippen LogP contribution in [0.25, 0.3) is 0 Å². The predicted octanol–water partition coefficient (Wildman–Crippen LogP) is 1.22. The molecule has 0 bridgehead atoms. The van der Waals surface area contributed by atoms with Crippen molar-refractivity contribution in [3.8, 4) is 11.5 Å². The highest BCUT2D eigenvalue weighted by molar-refractivity contribution is 5.65. The van der Waals surface area contributed by atoms with Gasteiger partial charge in [-0.1, -0.05) is 0 Å². The first kappa shape index (κ1) is 12.2. The van der Waals surface area contributed by atoms with Gasteiger partial charge in [0.15, 0.2) is 11.5 Å². The molecule has 2 N–H and O–H groups in total. The first-order valence-electron chi connectivity index (χ1n) is 4.83. The van der Waals surface area contributed by atoms with Crippen LogP contribution in [0.1, 0.15) is 6.92 Å². The summed E-state index contributed by atoms with van der Waals surface area (Å²) in [5.74, 6) is 0.801. The van der Waals surface area contributed by atoms with Gasteiger partial charge in [0.05, 0.1) is 7.11 Å². The molecule has 0 amide bonds. The second kappa shape index (κ2) is 5.85. The fraction of sp³-hybridized carbons (Fsp3) is 0.364. The summed E-state index contributed by atoms with van der Waals surface area (Å²) < 4.78 is 15.2. The van der Waals surface area contributed by atoms with Gasteiger partial charge in [-0.25, -0.2) is 0 Å². The maximum Gasteiger partial charge on any atom is 0.302 e. The molecule has 0 atom stereocenters. The summed E-state index contributed by atoms with van der Waals surface area (Å²) in [5.41, 5.74) is 6.20. The number of ether oxygens (including phenoxy) is 3. The smallest absolute Gasteiger partial charge is 0.302 e. The molecule has 1 aromatic rings. The number of nitrogens with two attached hydrogens (primary N) is 1. The van der Waals surface area contributed by atoms with E-state index in [1.807, 2.05) is 0 Å². The molecule has 16 heavy (non-hydrogen) atoms. The molecule has 5 heteroatoms. The molecule has 0 aromatic heterocycles. The molecular formula is C11H15NO4. The SMILES string of the molecule is COc1ccc(N)cc1OCCOC(C)=O. The molecule has 0 aliphatic heterocycles. The van der Waals surface area contributed by atoms with Crippen molar-refractivity contribution < 1.29 is 19.0 Å². The largest absolute Gasteiger partial charge is 0.493 e. The van der Waals surface area contributed by atoms with Gasteiger partial charge in [0.25, 0.3) is 0 Å². The summed E-state index contributed by atoms with van der Waals surface area (Å²) in [5, 5.41) is 0. The maximum absolute atomic E-state index is 10.5. The van der Waals surface area contributed by atoms with E-state index in [1.165, 1.54) is 6.92 Å². The highest BCUT2D eigenvalue weighted by atomic mass is 16.6.